The molecule has 0 saturated heterocycles. The second-order valence-corrected chi connectivity index (χ2v) is 6.22. The van der Waals surface area contributed by atoms with Crippen molar-refractivity contribution >= 4 is 34.5 Å². The van der Waals surface area contributed by atoms with E-state index in [2.05, 4.69) is 43.4 Å². The van der Waals surface area contributed by atoms with Crippen LogP contribution in [0.1, 0.15) is 25.0 Å². The predicted molar refractivity (Wildman–Crippen MR) is 104 cm³/mol. The first kappa shape index (κ1) is 19.3. The van der Waals surface area contributed by atoms with Gasteiger partial charge in [0.25, 0.3) is 0 Å². The van der Waals surface area contributed by atoms with Crippen molar-refractivity contribution in [2.24, 2.45) is 0 Å². The van der Waals surface area contributed by atoms with Crippen LogP contribution < -0.4 is 0 Å². The Morgan fingerprint density at radius 2 is 1.39 bits per heavy atom. The fourth-order valence-corrected chi connectivity index (χ4v) is 2.35. The lowest BCUT2D eigenvalue weighted by molar-refractivity contribution is 0.210. The third-order valence-electron chi connectivity index (χ3n) is 2.89. The molecule has 1 atom stereocenters. The molecule has 0 amide bonds. The quantitative estimate of drug-likeness (QED) is 0.763. The first-order chi connectivity index (χ1) is 11.0. The van der Waals surface area contributed by atoms with Crippen LogP contribution in [0.4, 0.5) is 0 Å². The van der Waals surface area contributed by atoms with E-state index in [9.17, 15) is 0 Å². The molecule has 0 aromatic heterocycles. The van der Waals surface area contributed by atoms with Gasteiger partial charge in [0.05, 0.1) is 0 Å². The number of aliphatic hydroxyl groups is 1. The van der Waals surface area contributed by atoms with Gasteiger partial charge in [0.15, 0.2) is 10.1 Å². The molecule has 2 aromatic rings. The van der Waals surface area contributed by atoms with Crippen LogP contribution in [0.25, 0.3) is 0 Å². The Balaban J connectivity index is 0.000000593. The number of rotatable bonds is 5. The average Bonchev–Trinajstić information content (AvgIpc) is 2.48. The van der Waals surface area contributed by atoms with E-state index in [1.807, 2.05) is 36.4 Å². The first-order valence-electron chi connectivity index (χ1n) is 7.44. The number of aliphatic hydroxyl groups excluding tert-OH is 1. The summed E-state index contributed by atoms with van der Waals surface area (Å²) in [5, 5.41) is 8.45. The van der Waals surface area contributed by atoms with Gasteiger partial charge >= 0.3 is 0 Å². The maximum atomic E-state index is 7.79. The molecule has 0 aliphatic rings. The molecular formula is C19H22O2S2. The highest BCUT2D eigenvalue weighted by Gasteiger charge is 2.07. The molecule has 1 N–H and O–H groups in total. The number of thiocarbonyl (C=S) groups is 2. The Morgan fingerprint density at radius 3 is 1.87 bits per heavy atom. The summed E-state index contributed by atoms with van der Waals surface area (Å²) in [4.78, 5) is 0. The Labute approximate surface area is 149 Å². The second-order valence-electron chi connectivity index (χ2n) is 5.17. The summed E-state index contributed by atoms with van der Waals surface area (Å²) in [6.45, 7) is 3.51. The van der Waals surface area contributed by atoms with E-state index in [-0.39, 0.29) is 11.2 Å². The topological polar surface area (TPSA) is 29.5 Å². The largest absolute Gasteiger partial charge is 0.502 e. The van der Waals surface area contributed by atoms with E-state index in [1.54, 1.807) is 0 Å². The van der Waals surface area contributed by atoms with E-state index in [4.69, 9.17) is 22.1 Å². The lowest BCUT2D eigenvalue weighted by Gasteiger charge is -2.15. The fraction of sp³-hybridized carbons (Fsp3) is 0.263. The van der Waals surface area contributed by atoms with Crippen molar-refractivity contribution in [1.29, 1.82) is 0 Å². The Kier molecular flexibility index (Phi) is 9.10. The van der Waals surface area contributed by atoms with Gasteiger partial charge in [0, 0.05) is 19.8 Å². The van der Waals surface area contributed by atoms with Crippen molar-refractivity contribution in [3.05, 3.63) is 71.8 Å². The smallest absolute Gasteiger partial charge is 0.164 e. The summed E-state index contributed by atoms with van der Waals surface area (Å²) in [5.74, 6) is 0. The van der Waals surface area contributed by atoms with E-state index < -0.39 is 0 Å². The monoisotopic (exact) mass is 346 g/mol. The van der Waals surface area contributed by atoms with Crippen LogP contribution in [-0.4, -0.2) is 21.3 Å². The van der Waals surface area contributed by atoms with Crippen LogP contribution in [0.3, 0.4) is 0 Å². The highest BCUT2D eigenvalue weighted by atomic mass is 32.1. The molecule has 1 unspecified atom stereocenters. The van der Waals surface area contributed by atoms with E-state index in [0.29, 0.717) is 11.5 Å². The molecule has 2 rings (SSSR count). The molecule has 0 aliphatic carbocycles. The Bertz CT molecular complexity index is 593. The lowest BCUT2D eigenvalue weighted by Crippen LogP contribution is -2.17. The molecule has 0 spiro atoms. The van der Waals surface area contributed by atoms with Crippen LogP contribution >= 0.6 is 24.4 Å². The van der Waals surface area contributed by atoms with Crippen molar-refractivity contribution < 1.29 is 9.84 Å². The molecule has 2 aromatic carbocycles. The molecule has 0 radical (unpaired) electrons. The van der Waals surface area contributed by atoms with Gasteiger partial charge in [-0.3, -0.25) is 0 Å². The fourth-order valence-electron chi connectivity index (χ4n) is 2.02. The molecule has 122 valence electrons. The standard InChI is InChI=1S/C17H18OS.C2H4OS/c1-14(12-15-8-4-2-5-9-15)18-17(19)13-16-10-6-3-7-11-16;1-2(3)4/h2-11,14H,12-13H2,1H3;1H3,(H,3,4). The van der Waals surface area contributed by atoms with Crippen LogP contribution in [0.15, 0.2) is 60.7 Å². The number of ether oxygens (including phenoxy) is 1. The number of hydrogen-bond acceptors (Lipinski definition) is 3. The maximum absolute atomic E-state index is 7.79. The van der Waals surface area contributed by atoms with Gasteiger partial charge in [-0.15, -0.1) is 0 Å². The summed E-state index contributed by atoms with van der Waals surface area (Å²) in [7, 11) is 0. The van der Waals surface area contributed by atoms with E-state index in [0.717, 1.165) is 6.42 Å². The summed E-state index contributed by atoms with van der Waals surface area (Å²) in [6, 6.07) is 20.5. The van der Waals surface area contributed by atoms with Gasteiger partial charge in [0.1, 0.15) is 6.10 Å². The molecule has 0 bridgehead atoms. The summed E-state index contributed by atoms with van der Waals surface area (Å²) >= 11 is 9.40. The minimum atomic E-state index is 0.000000000000000222. The molecule has 4 heteroatoms. The van der Waals surface area contributed by atoms with Crippen LogP contribution in [0, 0.1) is 0 Å². The zero-order valence-corrected chi connectivity index (χ0v) is 15.1. The number of benzene rings is 2. The lowest BCUT2D eigenvalue weighted by atomic mass is 10.1. The number of hydrogen-bond donors (Lipinski definition) is 1. The highest BCUT2D eigenvalue weighted by molar-refractivity contribution is 7.80. The van der Waals surface area contributed by atoms with Crippen LogP contribution in [0.2, 0.25) is 0 Å². The molecule has 0 heterocycles. The Morgan fingerprint density at radius 1 is 0.957 bits per heavy atom. The van der Waals surface area contributed by atoms with Crippen molar-refractivity contribution in [3.8, 4) is 0 Å². The molecule has 23 heavy (non-hydrogen) atoms. The van der Waals surface area contributed by atoms with Crippen molar-refractivity contribution in [1.82, 2.24) is 0 Å². The third-order valence-corrected chi connectivity index (χ3v) is 3.13. The van der Waals surface area contributed by atoms with Crippen LogP contribution in [0.5, 0.6) is 0 Å². The summed E-state index contributed by atoms with van der Waals surface area (Å²) in [5.41, 5.74) is 2.47. The minimum Gasteiger partial charge on any atom is -0.502 e. The SMILES string of the molecule is CC(Cc1ccccc1)OC(=S)Cc1ccccc1.CC(O)=S. The van der Waals surface area contributed by atoms with E-state index in [1.165, 1.54) is 18.1 Å². The van der Waals surface area contributed by atoms with Gasteiger partial charge in [-0.2, -0.15) is 0 Å². The summed E-state index contributed by atoms with van der Waals surface area (Å²) in [6.07, 6.45) is 1.70. The molecular weight excluding hydrogens is 324 g/mol. The van der Waals surface area contributed by atoms with Crippen molar-refractivity contribution in [2.45, 2.75) is 32.8 Å². The highest BCUT2D eigenvalue weighted by Crippen LogP contribution is 2.08. The Hall–Kier alpha value is -1.78. The third kappa shape index (κ3) is 9.76. The van der Waals surface area contributed by atoms with Crippen molar-refractivity contribution in [2.75, 3.05) is 0 Å². The van der Waals surface area contributed by atoms with Gasteiger partial charge in [-0.1, -0.05) is 60.7 Å². The van der Waals surface area contributed by atoms with Crippen LogP contribution in [-0.2, 0) is 17.6 Å². The first-order valence-corrected chi connectivity index (χ1v) is 8.26. The average molecular weight is 347 g/mol. The summed E-state index contributed by atoms with van der Waals surface area (Å²) < 4.78 is 5.79. The molecule has 2 nitrogen and oxygen atoms in total. The van der Waals surface area contributed by atoms with Gasteiger partial charge < -0.3 is 9.84 Å². The van der Waals surface area contributed by atoms with E-state index >= 15 is 0 Å². The molecule has 0 saturated carbocycles. The zero-order valence-electron chi connectivity index (χ0n) is 13.4. The van der Waals surface area contributed by atoms with Gasteiger partial charge in [-0.05, 0) is 42.5 Å². The molecule has 0 fully saturated rings. The van der Waals surface area contributed by atoms with Crippen molar-refractivity contribution in [3.63, 3.8) is 0 Å². The maximum Gasteiger partial charge on any atom is 0.164 e. The second kappa shape index (κ2) is 10.9. The van der Waals surface area contributed by atoms with Gasteiger partial charge in [-0.25, -0.2) is 0 Å². The van der Waals surface area contributed by atoms with Gasteiger partial charge in [0.2, 0.25) is 0 Å². The molecule has 0 aliphatic heterocycles. The predicted octanol–water partition coefficient (Wildman–Crippen LogP) is 5.10. The normalized spacial score (nSPS) is 10.9. The zero-order chi connectivity index (χ0) is 17.1. The minimum absolute atomic E-state index is 0.000000000000000222.